The summed E-state index contributed by atoms with van der Waals surface area (Å²) in [7, 11) is 0. The Labute approximate surface area is 165 Å². The zero-order chi connectivity index (χ0) is 20.4. The van der Waals surface area contributed by atoms with Gasteiger partial charge in [-0.2, -0.15) is 0 Å². The molecule has 0 saturated carbocycles. The fraction of sp³-hybridized carbons (Fsp3) is 0.333. The predicted molar refractivity (Wildman–Crippen MR) is 102 cm³/mol. The highest BCUT2D eigenvalue weighted by Gasteiger charge is 2.30. The number of aromatic nitrogens is 2. The van der Waals surface area contributed by atoms with Gasteiger partial charge in [0.1, 0.15) is 6.54 Å². The molecule has 0 bridgehead atoms. The highest BCUT2D eigenvalue weighted by atomic mass is 16.6. The first-order chi connectivity index (χ1) is 14.0. The summed E-state index contributed by atoms with van der Waals surface area (Å²) >= 11 is 0. The highest BCUT2D eigenvalue weighted by Crippen LogP contribution is 2.35. The van der Waals surface area contributed by atoms with Gasteiger partial charge in [-0.3, -0.25) is 14.9 Å². The number of esters is 1. The van der Waals surface area contributed by atoms with Crippen LogP contribution in [0.2, 0.25) is 0 Å². The molecule has 0 spiro atoms. The van der Waals surface area contributed by atoms with E-state index in [1.165, 1.54) is 18.2 Å². The molecule has 3 heterocycles. The molecule has 2 aromatic rings. The van der Waals surface area contributed by atoms with Gasteiger partial charge in [0.05, 0.1) is 23.2 Å². The third kappa shape index (κ3) is 3.93. The van der Waals surface area contributed by atoms with Gasteiger partial charge in [-0.15, -0.1) is 0 Å². The lowest BCUT2D eigenvalue weighted by Crippen LogP contribution is -2.52. The number of benzene rings is 1. The summed E-state index contributed by atoms with van der Waals surface area (Å²) in [6, 6.07) is 5.77. The summed E-state index contributed by atoms with van der Waals surface area (Å²) in [6.45, 7) is 2.16. The van der Waals surface area contributed by atoms with Crippen molar-refractivity contribution in [2.45, 2.75) is 0 Å². The Morgan fingerprint density at radius 3 is 2.59 bits per heavy atom. The zero-order valence-electron chi connectivity index (χ0n) is 15.4. The number of carbonyl (C=O) groups is 2. The number of ether oxygens (including phenoxy) is 1. The summed E-state index contributed by atoms with van der Waals surface area (Å²) in [5, 5.41) is 10.9. The number of piperazine rings is 1. The van der Waals surface area contributed by atoms with Gasteiger partial charge in [-0.1, -0.05) is 0 Å². The molecule has 150 valence electrons. The summed E-state index contributed by atoms with van der Waals surface area (Å²) in [5.41, 5.74) is 0.309. The Kier molecular flexibility index (Phi) is 4.94. The summed E-state index contributed by atoms with van der Waals surface area (Å²) < 4.78 is 5.11. The van der Waals surface area contributed by atoms with Gasteiger partial charge in [0.2, 0.25) is 11.9 Å². The third-order valence-electron chi connectivity index (χ3n) is 4.83. The Hall–Kier alpha value is -3.76. The van der Waals surface area contributed by atoms with Crippen molar-refractivity contribution < 1.29 is 19.2 Å². The van der Waals surface area contributed by atoms with Crippen molar-refractivity contribution in [1.82, 2.24) is 14.9 Å². The van der Waals surface area contributed by atoms with Crippen LogP contribution in [0.3, 0.4) is 0 Å². The maximum atomic E-state index is 12.8. The maximum Gasteiger partial charge on any atom is 0.331 e. The van der Waals surface area contributed by atoms with Crippen molar-refractivity contribution >= 4 is 29.2 Å². The number of nitrogens with zero attached hydrogens (tertiary/aromatic N) is 6. The number of non-ortho nitro benzene ring substituents is 1. The summed E-state index contributed by atoms with van der Waals surface area (Å²) in [4.78, 5) is 48.8. The largest absolute Gasteiger partial charge is 0.423 e. The molecule has 29 heavy (non-hydrogen) atoms. The van der Waals surface area contributed by atoms with Crippen LogP contribution in [0.25, 0.3) is 0 Å². The number of carbonyl (C=O) groups excluding carboxylic acids is 2. The van der Waals surface area contributed by atoms with Crippen LogP contribution in [0.4, 0.5) is 17.3 Å². The smallest absolute Gasteiger partial charge is 0.331 e. The van der Waals surface area contributed by atoms with E-state index >= 15 is 0 Å². The highest BCUT2D eigenvalue weighted by molar-refractivity contribution is 5.89. The van der Waals surface area contributed by atoms with Gasteiger partial charge < -0.3 is 19.4 Å². The zero-order valence-corrected chi connectivity index (χ0v) is 15.4. The Bertz CT molecular complexity index is 945. The lowest BCUT2D eigenvalue weighted by Gasteiger charge is -2.36. The van der Waals surface area contributed by atoms with Crippen LogP contribution in [0.5, 0.6) is 5.75 Å². The molecule has 2 aliphatic rings. The van der Waals surface area contributed by atoms with Crippen molar-refractivity contribution in [2.75, 3.05) is 49.1 Å². The second-order valence-electron chi connectivity index (χ2n) is 6.66. The second kappa shape index (κ2) is 7.70. The summed E-state index contributed by atoms with van der Waals surface area (Å²) in [5.74, 6) is 0.0395. The van der Waals surface area contributed by atoms with Gasteiger partial charge in [-0.05, 0) is 12.1 Å². The number of rotatable bonds is 4. The number of nitro benzene ring substituents is 1. The van der Waals surface area contributed by atoms with E-state index in [1.54, 1.807) is 28.3 Å². The normalized spacial score (nSPS) is 16.3. The molecule has 4 rings (SSSR count). The van der Waals surface area contributed by atoms with E-state index in [4.69, 9.17) is 4.74 Å². The van der Waals surface area contributed by atoms with Gasteiger partial charge in [0.25, 0.3) is 5.69 Å². The van der Waals surface area contributed by atoms with Gasteiger partial charge in [-0.25, -0.2) is 14.8 Å². The van der Waals surface area contributed by atoms with E-state index in [0.29, 0.717) is 37.8 Å². The maximum absolute atomic E-state index is 12.8. The molecule has 11 heteroatoms. The molecule has 0 atom stereocenters. The van der Waals surface area contributed by atoms with Crippen LogP contribution in [0.15, 0.2) is 36.7 Å². The second-order valence-corrected chi connectivity index (χ2v) is 6.66. The summed E-state index contributed by atoms with van der Waals surface area (Å²) in [6.07, 6.45) is 3.36. The SMILES string of the molecule is O=C1CN(CC(=O)N2CCN(c3ncccn3)CC2)c2ccc([N+](=O)[O-])cc2O1. The molecule has 1 aromatic heterocycles. The van der Waals surface area contributed by atoms with Crippen molar-refractivity contribution in [3.8, 4) is 5.75 Å². The van der Waals surface area contributed by atoms with Crippen LogP contribution in [0.1, 0.15) is 0 Å². The number of amides is 1. The van der Waals surface area contributed by atoms with Gasteiger partial charge in [0, 0.05) is 44.6 Å². The van der Waals surface area contributed by atoms with Crippen LogP contribution >= 0.6 is 0 Å². The van der Waals surface area contributed by atoms with Crippen LogP contribution < -0.4 is 14.5 Å². The van der Waals surface area contributed by atoms with E-state index in [0.717, 1.165) is 0 Å². The topological polar surface area (TPSA) is 122 Å². The first kappa shape index (κ1) is 18.6. The number of hydrogen-bond acceptors (Lipinski definition) is 9. The molecule has 11 nitrogen and oxygen atoms in total. The molecular formula is C18H18N6O5. The van der Waals surface area contributed by atoms with Crippen molar-refractivity contribution in [3.63, 3.8) is 0 Å². The molecule has 0 radical (unpaired) electrons. The number of anilines is 2. The van der Waals surface area contributed by atoms with E-state index in [-0.39, 0.29) is 30.4 Å². The molecule has 2 aliphatic heterocycles. The fourth-order valence-electron chi connectivity index (χ4n) is 3.37. The minimum Gasteiger partial charge on any atom is -0.423 e. The van der Waals surface area contributed by atoms with E-state index in [2.05, 4.69) is 9.97 Å². The first-order valence-corrected chi connectivity index (χ1v) is 9.05. The van der Waals surface area contributed by atoms with Crippen LogP contribution in [-0.2, 0) is 9.59 Å². The van der Waals surface area contributed by atoms with E-state index in [1.807, 2.05) is 4.90 Å². The lowest BCUT2D eigenvalue weighted by atomic mass is 10.2. The minimum absolute atomic E-state index is 0.0122. The monoisotopic (exact) mass is 398 g/mol. The molecule has 0 aliphatic carbocycles. The standard InChI is InChI=1S/C18H18N6O5/c25-16(21-6-8-22(9-7-21)18-19-4-1-5-20-18)11-23-12-17(26)29-15-10-13(24(27)28)2-3-14(15)23/h1-5,10H,6-9,11-12H2. The molecule has 0 N–H and O–H groups in total. The lowest BCUT2D eigenvalue weighted by molar-refractivity contribution is -0.384. The molecule has 1 saturated heterocycles. The average molecular weight is 398 g/mol. The molecule has 1 aromatic carbocycles. The van der Waals surface area contributed by atoms with E-state index in [9.17, 15) is 19.7 Å². The average Bonchev–Trinajstić information content (AvgIpc) is 2.74. The Balaban J connectivity index is 1.42. The van der Waals surface area contributed by atoms with Crippen LogP contribution in [-0.4, -0.2) is 70.9 Å². The number of fused-ring (bicyclic) bond motifs is 1. The molecular weight excluding hydrogens is 380 g/mol. The van der Waals surface area contributed by atoms with Gasteiger partial charge in [0.15, 0.2) is 5.75 Å². The molecule has 1 amide bonds. The van der Waals surface area contributed by atoms with Crippen molar-refractivity contribution in [1.29, 1.82) is 0 Å². The number of hydrogen-bond donors (Lipinski definition) is 0. The Morgan fingerprint density at radius 1 is 1.17 bits per heavy atom. The quantitative estimate of drug-likeness (QED) is 0.313. The van der Waals surface area contributed by atoms with Crippen molar-refractivity contribution in [3.05, 3.63) is 46.8 Å². The Morgan fingerprint density at radius 2 is 1.90 bits per heavy atom. The number of nitro groups is 1. The van der Waals surface area contributed by atoms with Crippen molar-refractivity contribution in [2.24, 2.45) is 0 Å². The van der Waals surface area contributed by atoms with Gasteiger partial charge >= 0.3 is 5.97 Å². The van der Waals surface area contributed by atoms with E-state index < -0.39 is 10.9 Å². The minimum atomic E-state index is -0.561. The predicted octanol–water partition coefficient (Wildman–Crippen LogP) is 0.459. The molecule has 0 unspecified atom stereocenters. The first-order valence-electron chi connectivity index (χ1n) is 9.05. The van der Waals surface area contributed by atoms with Crippen LogP contribution in [0, 0.1) is 10.1 Å². The molecule has 1 fully saturated rings. The fourth-order valence-corrected chi connectivity index (χ4v) is 3.37. The third-order valence-corrected chi connectivity index (χ3v) is 4.83.